The normalized spacial score (nSPS) is 14.4. The monoisotopic (exact) mass is 245 g/mol. The van der Waals surface area contributed by atoms with Gasteiger partial charge in [0.05, 0.1) is 11.4 Å². The second-order valence-corrected chi connectivity index (χ2v) is 4.70. The van der Waals surface area contributed by atoms with Crippen LogP contribution in [0.3, 0.4) is 0 Å². The van der Waals surface area contributed by atoms with Crippen LogP contribution in [0.1, 0.15) is 31.2 Å². The summed E-state index contributed by atoms with van der Waals surface area (Å²) in [6, 6.07) is 5.32. The van der Waals surface area contributed by atoms with Gasteiger partial charge < -0.3 is 16.4 Å². The molecule has 0 radical (unpaired) electrons. The molecule has 1 aliphatic carbocycles. The summed E-state index contributed by atoms with van der Waals surface area (Å²) in [6.07, 6.45) is 6.44. The lowest BCUT2D eigenvalue weighted by atomic mass is 10.2. The first kappa shape index (κ1) is 12.5. The van der Waals surface area contributed by atoms with E-state index >= 15 is 0 Å². The van der Waals surface area contributed by atoms with Crippen molar-refractivity contribution in [2.75, 3.05) is 11.1 Å². The van der Waals surface area contributed by atoms with Crippen LogP contribution in [-0.4, -0.2) is 6.03 Å². The third-order valence-electron chi connectivity index (χ3n) is 3.11. The van der Waals surface area contributed by atoms with E-state index in [0.717, 1.165) is 18.4 Å². The summed E-state index contributed by atoms with van der Waals surface area (Å²) in [7, 11) is 0. The Kier molecular flexibility index (Phi) is 3.87. The Morgan fingerprint density at radius 2 is 2.06 bits per heavy atom. The highest BCUT2D eigenvalue weighted by Gasteiger charge is 2.07. The predicted octanol–water partition coefficient (Wildman–Crippen LogP) is 3.16. The van der Waals surface area contributed by atoms with Gasteiger partial charge in [0.1, 0.15) is 0 Å². The van der Waals surface area contributed by atoms with Crippen molar-refractivity contribution >= 4 is 17.4 Å². The standard InChI is InChI=1S/C14H19N3O/c1-10-6-7-13(12(15)8-10)17-14(18)16-9-11-4-2-3-5-11/h6-9H,2-5,15H2,1H3,(H2,16,17,18). The number of nitrogens with one attached hydrogen (secondary N) is 2. The largest absolute Gasteiger partial charge is 0.397 e. The van der Waals surface area contributed by atoms with Crippen LogP contribution in [0.15, 0.2) is 30.0 Å². The van der Waals surface area contributed by atoms with Gasteiger partial charge in [-0.25, -0.2) is 4.79 Å². The second kappa shape index (κ2) is 5.58. The number of benzene rings is 1. The van der Waals surface area contributed by atoms with Crippen molar-refractivity contribution in [1.29, 1.82) is 0 Å². The Labute approximate surface area is 107 Å². The van der Waals surface area contributed by atoms with Gasteiger partial charge in [-0.2, -0.15) is 0 Å². The lowest BCUT2D eigenvalue weighted by Crippen LogP contribution is -2.24. The van der Waals surface area contributed by atoms with Crippen LogP contribution in [0.5, 0.6) is 0 Å². The second-order valence-electron chi connectivity index (χ2n) is 4.70. The van der Waals surface area contributed by atoms with Crippen molar-refractivity contribution in [1.82, 2.24) is 5.32 Å². The summed E-state index contributed by atoms with van der Waals surface area (Å²) in [5.74, 6) is 0. The van der Waals surface area contributed by atoms with Crippen LogP contribution >= 0.6 is 0 Å². The van der Waals surface area contributed by atoms with Gasteiger partial charge in [0.25, 0.3) is 0 Å². The van der Waals surface area contributed by atoms with Crippen molar-refractivity contribution in [2.45, 2.75) is 32.6 Å². The smallest absolute Gasteiger partial charge is 0.323 e. The molecule has 0 heterocycles. The summed E-state index contributed by atoms with van der Waals surface area (Å²) in [4.78, 5) is 11.7. The molecule has 18 heavy (non-hydrogen) atoms. The van der Waals surface area contributed by atoms with Gasteiger partial charge in [-0.15, -0.1) is 0 Å². The Morgan fingerprint density at radius 3 is 2.72 bits per heavy atom. The molecule has 4 N–H and O–H groups in total. The average molecular weight is 245 g/mol. The maximum absolute atomic E-state index is 11.7. The molecule has 0 aromatic heterocycles. The summed E-state index contributed by atoms with van der Waals surface area (Å²) in [5, 5.41) is 5.49. The first-order chi connectivity index (χ1) is 8.65. The SMILES string of the molecule is Cc1ccc(NC(=O)NC=C2CCCC2)c(N)c1. The van der Waals surface area contributed by atoms with Gasteiger partial charge >= 0.3 is 6.03 Å². The van der Waals surface area contributed by atoms with Crippen LogP contribution in [0.2, 0.25) is 0 Å². The number of anilines is 2. The molecule has 0 spiro atoms. The fourth-order valence-corrected chi connectivity index (χ4v) is 2.10. The fourth-order valence-electron chi connectivity index (χ4n) is 2.10. The molecule has 0 unspecified atom stereocenters. The molecule has 96 valence electrons. The van der Waals surface area contributed by atoms with Crippen LogP contribution < -0.4 is 16.4 Å². The molecule has 1 saturated carbocycles. The molecule has 0 atom stereocenters. The number of carbonyl (C=O) groups is 1. The minimum absolute atomic E-state index is 0.245. The summed E-state index contributed by atoms with van der Waals surface area (Å²) in [6.45, 7) is 1.96. The summed E-state index contributed by atoms with van der Waals surface area (Å²) >= 11 is 0. The van der Waals surface area contributed by atoms with Crippen LogP contribution in [0.25, 0.3) is 0 Å². The molecular weight excluding hydrogens is 226 g/mol. The molecule has 0 saturated heterocycles. The number of nitrogen functional groups attached to an aromatic ring is 1. The quantitative estimate of drug-likeness (QED) is 0.701. The molecule has 1 aliphatic rings. The number of hydrogen-bond donors (Lipinski definition) is 3. The zero-order valence-corrected chi connectivity index (χ0v) is 10.6. The van der Waals surface area contributed by atoms with Crippen LogP contribution in [-0.2, 0) is 0 Å². The van der Waals surface area contributed by atoms with E-state index in [1.807, 2.05) is 31.3 Å². The number of hydrogen-bond acceptors (Lipinski definition) is 2. The molecule has 0 aliphatic heterocycles. The van der Waals surface area contributed by atoms with E-state index < -0.39 is 0 Å². The molecule has 0 bridgehead atoms. The number of amides is 2. The van der Waals surface area contributed by atoms with E-state index in [4.69, 9.17) is 5.73 Å². The molecule has 2 rings (SSSR count). The van der Waals surface area contributed by atoms with Gasteiger partial charge in [0, 0.05) is 6.20 Å². The van der Waals surface area contributed by atoms with E-state index in [1.165, 1.54) is 18.4 Å². The van der Waals surface area contributed by atoms with Crippen molar-refractivity contribution in [2.24, 2.45) is 0 Å². The highest BCUT2D eigenvalue weighted by molar-refractivity contribution is 5.93. The lowest BCUT2D eigenvalue weighted by Gasteiger charge is -2.08. The highest BCUT2D eigenvalue weighted by Crippen LogP contribution is 2.23. The minimum Gasteiger partial charge on any atom is -0.397 e. The number of urea groups is 1. The van der Waals surface area contributed by atoms with E-state index in [0.29, 0.717) is 11.4 Å². The van der Waals surface area contributed by atoms with Crippen molar-refractivity contribution in [3.8, 4) is 0 Å². The first-order valence-electron chi connectivity index (χ1n) is 6.27. The maximum atomic E-state index is 11.7. The van der Waals surface area contributed by atoms with Gasteiger partial charge in [0.15, 0.2) is 0 Å². The van der Waals surface area contributed by atoms with E-state index in [1.54, 1.807) is 0 Å². The molecule has 1 fully saturated rings. The van der Waals surface area contributed by atoms with Gasteiger partial charge in [-0.1, -0.05) is 11.6 Å². The summed E-state index contributed by atoms with van der Waals surface area (Å²) < 4.78 is 0. The predicted molar refractivity (Wildman–Crippen MR) is 74.3 cm³/mol. The molecule has 1 aromatic rings. The first-order valence-corrected chi connectivity index (χ1v) is 6.27. The Balaban J connectivity index is 1.92. The number of rotatable bonds is 2. The number of nitrogens with two attached hydrogens (primary N) is 1. The lowest BCUT2D eigenvalue weighted by molar-refractivity contribution is 0.255. The van der Waals surface area contributed by atoms with Gasteiger partial charge in [0.2, 0.25) is 0 Å². The van der Waals surface area contributed by atoms with E-state index in [9.17, 15) is 4.79 Å². The van der Waals surface area contributed by atoms with Crippen molar-refractivity contribution < 1.29 is 4.79 Å². The van der Waals surface area contributed by atoms with Crippen LogP contribution in [0.4, 0.5) is 16.2 Å². The highest BCUT2D eigenvalue weighted by atomic mass is 16.2. The van der Waals surface area contributed by atoms with E-state index in [2.05, 4.69) is 10.6 Å². The molecule has 4 heteroatoms. The topological polar surface area (TPSA) is 67.2 Å². The van der Waals surface area contributed by atoms with Crippen molar-refractivity contribution in [3.63, 3.8) is 0 Å². The maximum Gasteiger partial charge on any atom is 0.323 e. The minimum atomic E-state index is -0.245. The third kappa shape index (κ3) is 3.26. The summed E-state index contributed by atoms with van der Waals surface area (Å²) in [5.41, 5.74) is 9.44. The zero-order valence-electron chi connectivity index (χ0n) is 10.6. The number of allylic oxidation sites excluding steroid dienone is 1. The average Bonchev–Trinajstić information content (AvgIpc) is 2.83. The van der Waals surface area contributed by atoms with Gasteiger partial charge in [-0.3, -0.25) is 0 Å². The fraction of sp³-hybridized carbons (Fsp3) is 0.357. The molecule has 1 aromatic carbocycles. The molecule has 2 amide bonds. The Hall–Kier alpha value is -1.97. The van der Waals surface area contributed by atoms with E-state index in [-0.39, 0.29) is 6.03 Å². The zero-order chi connectivity index (χ0) is 13.0. The number of carbonyl (C=O) groups excluding carboxylic acids is 1. The number of aryl methyl sites for hydroxylation is 1. The molecular formula is C14H19N3O. The van der Waals surface area contributed by atoms with Crippen molar-refractivity contribution in [3.05, 3.63) is 35.5 Å². The van der Waals surface area contributed by atoms with Crippen LogP contribution in [0, 0.1) is 6.92 Å². The third-order valence-corrected chi connectivity index (χ3v) is 3.11. The Bertz CT molecular complexity index is 472. The van der Waals surface area contributed by atoms with Gasteiger partial charge in [-0.05, 0) is 50.3 Å². The Morgan fingerprint density at radius 1 is 1.33 bits per heavy atom. The molecule has 4 nitrogen and oxygen atoms in total.